The van der Waals surface area contributed by atoms with Gasteiger partial charge in [-0.1, -0.05) is 54.1 Å². The molecule has 0 heterocycles. The quantitative estimate of drug-likeness (QED) is 0.563. The van der Waals surface area contributed by atoms with Crippen molar-refractivity contribution < 1.29 is 13.5 Å². The SMILES string of the molecule is C=CCOC(Cl)(c1ccccc1C)c1cccc(F)c1F. The van der Waals surface area contributed by atoms with E-state index in [0.29, 0.717) is 5.56 Å². The first-order chi connectivity index (χ1) is 10.0. The van der Waals surface area contributed by atoms with Crippen molar-refractivity contribution in [3.8, 4) is 0 Å². The highest BCUT2D eigenvalue weighted by atomic mass is 35.5. The Bertz CT molecular complexity index is 657. The standard InChI is InChI=1S/C17H15ClF2O/c1-3-11-21-17(18,13-8-5-4-7-12(13)2)14-9-6-10-15(19)16(14)20/h3-10H,1,11H2,2H3. The van der Waals surface area contributed by atoms with E-state index in [1.54, 1.807) is 12.1 Å². The second-order valence-corrected chi connectivity index (χ2v) is 5.14. The lowest BCUT2D eigenvalue weighted by Gasteiger charge is -2.29. The second kappa shape index (κ2) is 6.37. The van der Waals surface area contributed by atoms with Gasteiger partial charge in [0.05, 0.1) is 6.61 Å². The van der Waals surface area contributed by atoms with E-state index in [0.717, 1.165) is 11.6 Å². The van der Waals surface area contributed by atoms with Crippen molar-refractivity contribution in [2.75, 3.05) is 6.61 Å². The minimum absolute atomic E-state index is 0.0553. The van der Waals surface area contributed by atoms with Crippen LogP contribution in [0.25, 0.3) is 0 Å². The molecular formula is C17H15ClF2O. The summed E-state index contributed by atoms with van der Waals surface area (Å²) in [5.41, 5.74) is 1.33. The largest absolute Gasteiger partial charge is 0.347 e. The summed E-state index contributed by atoms with van der Waals surface area (Å²) >= 11 is 6.57. The van der Waals surface area contributed by atoms with Gasteiger partial charge < -0.3 is 4.74 Å². The highest BCUT2D eigenvalue weighted by molar-refractivity contribution is 6.25. The molecule has 0 spiro atoms. The Morgan fingerprint density at radius 3 is 2.48 bits per heavy atom. The van der Waals surface area contributed by atoms with Gasteiger partial charge in [0, 0.05) is 11.1 Å². The van der Waals surface area contributed by atoms with E-state index in [1.165, 1.54) is 18.2 Å². The summed E-state index contributed by atoms with van der Waals surface area (Å²) in [5.74, 6) is -1.98. The molecule has 2 aromatic carbocycles. The van der Waals surface area contributed by atoms with Crippen LogP contribution in [0.2, 0.25) is 0 Å². The zero-order chi connectivity index (χ0) is 15.5. The number of hydrogen-bond donors (Lipinski definition) is 0. The Morgan fingerprint density at radius 2 is 1.81 bits per heavy atom. The van der Waals surface area contributed by atoms with Gasteiger partial charge >= 0.3 is 0 Å². The van der Waals surface area contributed by atoms with E-state index < -0.39 is 16.7 Å². The van der Waals surface area contributed by atoms with Gasteiger partial charge in [0.2, 0.25) is 0 Å². The molecule has 0 aromatic heterocycles. The molecule has 4 heteroatoms. The molecule has 1 unspecified atom stereocenters. The summed E-state index contributed by atoms with van der Waals surface area (Å²) in [6, 6.07) is 11.0. The van der Waals surface area contributed by atoms with Gasteiger partial charge in [-0.2, -0.15) is 0 Å². The van der Waals surface area contributed by atoms with Crippen molar-refractivity contribution >= 4 is 11.6 Å². The summed E-state index contributed by atoms with van der Waals surface area (Å²) in [5, 5.41) is -1.61. The number of alkyl halides is 1. The minimum Gasteiger partial charge on any atom is -0.347 e. The normalized spacial score (nSPS) is 13.7. The van der Waals surface area contributed by atoms with Gasteiger partial charge in [0.15, 0.2) is 16.7 Å². The van der Waals surface area contributed by atoms with Crippen molar-refractivity contribution in [1.82, 2.24) is 0 Å². The first kappa shape index (κ1) is 15.7. The number of halogens is 3. The van der Waals surface area contributed by atoms with Crippen LogP contribution in [0, 0.1) is 18.6 Å². The second-order valence-electron chi connectivity index (χ2n) is 4.61. The Hall–Kier alpha value is -1.71. The molecule has 2 rings (SSSR count). The summed E-state index contributed by atoms with van der Waals surface area (Å²) in [7, 11) is 0. The average molecular weight is 309 g/mol. The number of hydrogen-bond acceptors (Lipinski definition) is 1. The van der Waals surface area contributed by atoms with Crippen LogP contribution in [-0.2, 0) is 9.80 Å². The summed E-state index contributed by atoms with van der Waals surface area (Å²) < 4.78 is 33.3. The van der Waals surface area contributed by atoms with E-state index in [1.807, 2.05) is 19.1 Å². The van der Waals surface area contributed by atoms with E-state index in [9.17, 15) is 8.78 Å². The van der Waals surface area contributed by atoms with Crippen LogP contribution in [0.5, 0.6) is 0 Å². The molecule has 0 aliphatic heterocycles. The van der Waals surface area contributed by atoms with Crippen LogP contribution >= 0.6 is 11.6 Å². The van der Waals surface area contributed by atoms with Crippen molar-refractivity contribution in [3.63, 3.8) is 0 Å². The van der Waals surface area contributed by atoms with Crippen molar-refractivity contribution in [2.24, 2.45) is 0 Å². The molecule has 0 aliphatic carbocycles. The van der Waals surface area contributed by atoms with E-state index in [-0.39, 0.29) is 12.2 Å². The van der Waals surface area contributed by atoms with Gasteiger partial charge in [-0.3, -0.25) is 0 Å². The van der Waals surface area contributed by atoms with Crippen LogP contribution < -0.4 is 0 Å². The first-order valence-electron chi connectivity index (χ1n) is 6.45. The molecule has 1 nitrogen and oxygen atoms in total. The third-order valence-corrected chi connectivity index (χ3v) is 3.71. The fourth-order valence-electron chi connectivity index (χ4n) is 2.16. The van der Waals surface area contributed by atoms with E-state index in [2.05, 4.69) is 6.58 Å². The van der Waals surface area contributed by atoms with Gasteiger partial charge in [-0.25, -0.2) is 8.78 Å². The fraction of sp³-hybridized carbons (Fsp3) is 0.176. The molecule has 0 N–H and O–H groups in total. The molecular weight excluding hydrogens is 294 g/mol. The number of ether oxygens (including phenoxy) is 1. The Kier molecular flexibility index (Phi) is 4.76. The molecule has 0 fully saturated rings. The third-order valence-electron chi connectivity index (χ3n) is 3.19. The highest BCUT2D eigenvalue weighted by Gasteiger charge is 2.37. The van der Waals surface area contributed by atoms with Crippen LogP contribution in [0.4, 0.5) is 8.78 Å². The summed E-state index contributed by atoms with van der Waals surface area (Å²) in [4.78, 5) is 0. The number of benzene rings is 2. The van der Waals surface area contributed by atoms with Gasteiger partial charge in [0.25, 0.3) is 0 Å². The number of aryl methyl sites for hydroxylation is 1. The molecule has 2 aromatic rings. The van der Waals surface area contributed by atoms with Crippen LogP contribution in [0.15, 0.2) is 55.1 Å². The third kappa shape index (κ3) is 2.99. The molecule has 0 saturated carbocycles. The Morgan fingerprint density at radius 1 is 1.14 bits per heavy atom. The van der Waals surface area contributed by atoms with Gasteiger partial charge in [0.1, 0.15) is 0 Å². The van der Waals surface area contributed by atoms with Gasteiger partial charge in [-0.15, -0.1) is 6.58 Å². The highest BCUT2D eigenvalue weighted by Crippen LogP contribution is 2.41. The van der Waals surface area contributed by atoms with Crippen LogP contribution in [0.3, 0.4) is 0 Å². The minimum atomic E-state index is -1.61. The van der Waals surface area contributed by atoms with E-state index >= 15 is 0 Å². The maximum atomic E-state index is 14.2. The Labute approximate surface area is 127 Å². The van der Waals surface area contributed by atoms with E-state index in [4.69, 9.17) is 16.3 Å². The maximum absolute atomic E-state index is 14.2. The molecule has 21 heavy (non-hydrogen) atoms. The molecule has 0 radical (unpaired) electrons. The monoisotopic (exact) mass is 308 g/mol. The molecule has 1 atom stereocenters. The van der Waals surface area contributed by atoms with Crippen LogP contribution in [-0.4, -0.2) is 6.61 Å². The van der Waals surface area contributed by atoms with Crippen LogP contribution in [0.1, 0.15) is 16.7 Å². The topological polar surface area (TPSA) is 9.23 Å². The lowest BCUT2D eigenvalue weighted by Crippen LogP contribution is -2.27. The van der Waals surface area contributed by atoms with Crippen molar-refractivity contribution in [1.29, 1.82) is 0 Å². The Balaban J connectivity index is 2.65. The first-order valence-corrected chi connectivity index (χ1v) is 6.83. The number of rotatable bonds is 5. The molecule has 0 bridgehead atoms. The molecule has 0 saturated heterocycles. The lowest BCUT2D eigenvalue weighted by molar-refractivity contribution is 0.0638. The zero-order valence-electron chi connectivity index (χ0n) is 11.6. The summed E-state index contributed by atoms with van der Waals surface area (Å²) in [6.45, 7) is 5.50. The van der Waals surface area contributed by atoms with Crippen molar-refractivity contribution in [2.45, 2.75) is 12.0 Å². The smallest absolute Gasteiger partial charge is 0.196 e. The predicted molar refractivity (Wildman–Crippen MR) is 80.3 cm³/mol. The van der Waals surface area contributed by atoms with Crippen molar-refractivity contribution in [3.05, 3.63) is 83.4 Å². The summed E-state index contributed by atoms with van der Waals surface area (Å²) in [6.07, 6.45) is 1.51. The predicted octanol–water partition coefficient (Wildman–Crippen LogP) is 4.92. The maximum Gasteiger partial charge on any atom is 0.196 e. The molecule has 0 amide bonds. The van der Waals surface area contributed by atoms with Gasteiger partial charge in [-0.05, 0) is 18.6 Å². The molecule has 0 aliphatic rings. The average Bonchev–Trinajstić information content (AvgIpc) is 2.48. The fourth-order valence-corrected chi connectivity index (χ4v) is 2.58. The molecule has 110 valence electrons. The lowest BCUT2D eigenvalue weighted by atomic mass is 9.96. The zero-order valence-corrected chi connectivity index (χ0v) is 12.3.